The van der Waals surface area contributed by atoms with E-state index < -0.39 is 0 Å². The molecule has 0 saturated heterocycles. The Morgan fingerprint density at radius 2 is 1.87 bits per heavy atom. The largest absolute Gasteiger partial charge is 0.464 e. The highest BCUT2D eigenvalue weighted by Gasteiger charge is 2.16. The van der Waals surface area contributed by atoms with Crippen LogP contribution in [0.3, 0.4) is 0 Å². The lowest BCUT2D eigenvalue weighted by Gasteiger charge is -2.18. The number of nitrogens with zero attached hydrogens (tertiary/aromatic N) is 2. The molecule has 0 N–H and O–H groups in total. The van der Waals surface area contributed by atoms with Gasteiger partial charge in [0.15, 0.2) is 5.78 Å². The molecule has 0 aliphatic heterocycles. The second kappa shape index (κ2) is 7.28. The van der Waals surface area contributed by atoms with Gasteiger partial charge < -0.3 is 9.30 Å². The van der Waals surface area contributed by atoms with Gasteiger partial charge in [0.05, 0.1) is 12.1 Å². The van der Waals surface area contributed by atoms with E-state index in [0.29, 0.717) is 17.9 Å². The van der Waals surface area contributed by atoms with Crippen molar-refractivity contribution in [2.45, 2.75) is 27.3 Å². The first-order valence-corrected chi connectivity index (χ1v) is 7.63. The Hall–Kier alpha value is -2.34. The summed E-state index contributed by atoms with van der Waals surface area (Å²) in [5.41, 5.74) is 2.05. The van der Waals surface area contributed by atoms with Crippen LogP contribution < -0.4 is 0 Å². The van der Waals surface area contributed by atoms with E-state index in [9.17, 15) is 9.59 Å². The number of rotatable bonds is 5. The molecule has 6 heteroatoms. The molecule has 0 unspecified atom stereocenters. The minimum absolute atomic E-state index is 0.124. The summed E-state index contributed by atoms with van der Waals surface area (Å²) in [4.78, 5) is 27.3. The lowest BCUT2D eigenvalue weighted by Crippen LogP contribution is -2.18. The standard InChI is InChI=1S/C17H18N2O3S/c1-11-15(12(2)20)17(23)18-16(14-7-5-4-6-8-14)19(11)9-10-22-13(3)21/h4-8H,9-10H2,1-3H3. The van der Waals surface area contributed by atoms with Gasteiger partial charge in [-0.1, -0.05) is 42.5 Å². The molecule has 23 heavy (non-hydrogen) atoms. The maximum absolute atomic E-state index is 11.9. The molecular formula is C17H18N2O3S. The Morgan fingerprint density at radius 1 is 1.22 bits per heavy atom. The van der Waals surface area contributed by atoms with Gasteiger partial charge in [-0.3, -0.25) is 9.59 Å². The summed E-state index contributed by atoms with van der Waals surface area (Å²) in [6.45, 7) is 5.27. The van der Waals surface area contributed by atoms with Crippen molar-refractivity contribution in [1.82, 2.24) is 9.55 Å². The number of esters is 1. The van der Waals surface area contributed by atoms with Crippen LogP contribution in [-0.4, -0.2) is 27.9 Å². The van der Waals surface area contributed by atoms with Crippen LogP contribution in [-0.2, 0) is 16.1 Å². The molecule has 5 nitrogen and oxygen atoms in total. The fraction of sp³-hybridized carbons (Fsp3) is 0.294. The first-order chi connectivity index (χ1) is 10.9. The number of aromatic nitrogens is 2. The van der Waals surface area contributed by atoms with Gasteiger partial charge in [-0.05, 0) is 13.8 Å². The zero-order valence-corrected chi connectivity index (χ0v) is 14.1. The van der Waals surface area contributed by atoms with Gasteiger partial charge in [0.2, 0.25) is 0 Å². The van der Waals surface area contributed by atoms with Gasteiger partial charge in [-0.15, -0.1) is 0 Å². The summed E-state index contributed by atoms with van der Waals surface area (Å²) >= 11 is 5.29. The maximum Gasteiger partial charge on any atom is 0.302 e. The first kappa shape index (κ1) is 17.0. The molecule has 0 aliphatic carbocycles. The molecule has 0 amide bonds. The quantitative estimate of drug-likeness (QED) is 0.478. The topological polar surface area (TPSA) is 61.2 Å². The highest BCUT2D eigenvalue weighted by Crippen LogP contribution is 2.21. The predicted octanol–water partition coefficient (Wildman–Crippen LogP) is 3.35. The highest BCUT2D eigenvalue weighted by molar-refractivity contribution is 7.71. The summed E-state index contributed by atoms with van der Waals surface area (Å²) in [6, 6.07) is 9.58. The van der Waals surface area contributed by atoms with E-state index in [1.54, 1.807) is 0 Å². The van der Waals surface area contributed by atoms with Crippen molar-refractivity contribution in [1.29, 1.82) is 0 Å². The Morgan fingerprint density at radius 3 is 2.43 bits per heavy atom. The van der Waals surface area contributed by atoms with Crippen molar-refractivity contribution in [3.63, 3.8) is 0 Å². The third-order valence-corrected chi connectivity index (χ3v) is 3.74. The molecule has 120 valence electrons. The van der Waals surface area contributed by atoms with Crippen molar-refractivity contribution < 1.29 is 14.3 Å². The second-order valence-corrected chi connectivity index (χ2v) is 5.50. The number of carbonyl (C=O) groups is 2. The van der Waals surface area contributed by atoms with Gasteiger partial charge in [-0.2, -0.15) is 0 Å². The molecule has 0 spiro atoms. The Labute approximate surface area is 139 Å². The monoisotopic (exact) mass is 330 g/mol. The number of carbonyl (C=O) groups excluding carboxylic acids is 2. The van der Waals surface area contributed by atoms with E-state index in [4.69, 9.17) is 17.0 Å². The third kappa shape index (κ3) is 3.90. The van der Waals surface area contributed by atoms with E-state index in [1.165, 1.54) is 13.8 Å². The third-order valence-electron chi connectivity index (χ3n) is 3.45. The van der Waals surface area contributed by atoms with Crippen molar-refractivity contribution in [2.24, 2.45) is 0 Å². The van der Waals surface area contributed by atoms with E-state index in [1.807, 2.05) is 41.8 Å². The van der Waals surface area contributed by atoms with Gasteiger partial charge in [0.1, 0.15) is 17.1 Å². The number of hydrogen-bond donors (Lipinski definition) is 0. The molecule has 1 aromatic carbocycles. The van der Waals surface area contributed by atoms with Gasteiger partial charge in [0.25, 0.3) is 0 Å². The second-order valence-electron chi connectivity index (χ2n) is 5.11. The fourth-order valence-electron chi connectivity index (χ4n) is 2.43. The molecule has 0 saturated carbocycles. The molecular weight excluding hydrogens is 312 g/mol. The summed E-state index contributed by atoms with van der Waals surface area (Å²) in [6.07, 6.45) is 0. The molecule has 1 heterocycles. The molecule has 2 aromatic rings. The average Bonchev–Trinajstić information content (AvgIpc) is 2.49. The summed E-state index contributed by atoms with van der Waals surface area (Å²) < 4.78 is 7.18. The zero-order chi connectivity index (χ0) is 17.0. The molecule has 0 atom stereocenters. The van der Waals surface area contributed by atoms with Crippen molar-refractivity contribution in [3.05, 3.63) is 46.2 Å². The van der Waals surface area contributed by atoms with E-state index in [0.717, 1.165) is 11.3 Å². The van der Waals surface area contributed by atoms with Crippen LogP contribution in [0.4, 0.5) is 0 Å². The highest BCUT2D eigenvalue weighted by atomic mass is 32.1. The van der Waals surface area contributed by atoms with E-state index in [2.05, 4.69) is 4.98 Å². The Bertz CT molecular complexity index is 797. The Balaban J connectivity index is 2.58. The zero-order valence-electron chi connectivity index (χ0n) is 13.3. The average molecular weight is 330 g/mol. The summed E-state index contributed by atoms with van der Waals surface area (Å²) in [7, 11) is 0. The van der Waals surface area contributed by atoms with Crippen molar-refractivity contribution in [3.8, 4) is 11.4 Å². The Kier molecular flexibility index (Phi) is 5.39. The first-order valence-electron chi connectivity index (χ1n) is 7.23. The normalized spacial score (nSPS) is 10.4. The smallest absolute Gasteiger partial charge is 0.302 e. The number of hydrogen-bond acceptors (Lipinski definition) is 5. The lowest BCUT2D eigenvalue weighted by molar-refractivity contribution is -0.141. The number of Topliss-reactive ketones (excluding diaryl/α,β-unsaturated/α-hetero) is 1. The molecule has 0 fully saturated rings. The van der Waals surface area contributed by atoms with Crippen LogP contribution in [0.2, 0.25) is 0 Å². The van der Waals surface area contributed by atoms with Crippen LogP contribution >= 0.6 is 12.2 Å². The van der Waals surface area contributed by atoms with Crippen LogP contribution in [0.25, 0.3) is 11.4 Å². The van der Waals surface area contributed by atoms with E-state index >= 15 is 0 Å². The van der Waals surface area contributed by atoms with E-state index in [-0.39, 0.29) is 23.0 Å². The molecule has 0 aliphatic rings. The molecule has 0 radical (unpaired) electrons. The molecule has 1 aromatic heterocycles. The molecule has 0 bridgehead atoms. The number of benzene rings is 1. The summed E-state index contributed by atoms with van der Waals surface area (Å²) in [5, 5.41) is 0. The van der Waals surface area contributed by atoms with Crippen LogP contribution in [0, 0.1) is 11.6 Å². The predicted molar refractivity (Wildman–Crippen MR) is 89.9 cm³/mol. The van der Waals surface area contributed by atoms with Crippen LogP contribution in [0.15, 0.2) is 30.3 Å². The van der Waals surface area contributed by atoms with Gasteiger partial charge >= 0.3 is 5.97 Å². The SMILES string of the molecule is CC(=O)OCCn1c(-c2ccccc2)nc(=S)c(C(C)=O)c1C. The lowest BCUT2D eigenvalue weighted by atomic mass is 10.1. The van der Waals surface area contributed by atoms with Gasteiger partial charge in [0, 0.05) is 18.2 Å². The maximum atomic E-state index is 11.9. The van der Waals surface area contributed by atoms with Crippen LogP contribution in [0.1, 0.15) is 29.9 Å². The van der Waals surface area contributed by atoms with Crippen LogP contribution in [0.5, 0.6) is 0 Å². The van der Waals surface area contributed by atoms with Crippen molar-refractivity contribution >= 4 is 24.0 Å². The minimum atomic E-state index is -0.343. The summed E-state index contributed by atoms with van der Waals surface area (Å²) in [5.74, 6) is 0.190. The van der Waals surface area contributed by atoms with Gasteiger partial charge in [-0.25, -0.2) is 4.98 Å². The minimum Gasteiger partial charge on any atom is -0.464 e. The molecule has 2 rings (SSSR count). The van der Waals surface area contributed by atoms with Crippen molar-refractivity contribution in [2.75, 3.05) is 6.61 Å². The number of ether oxygens (including phenoxy) is 1. The number of ketones is 1. The fourth-order valence-corrected chi connectivity index (χ4v) is 2.81.